The molecule has 0 unspecified atom stereocenters. The first-order valence-electron chi connectivity index (χ1n) is 13.7. The van der Waals surface area contributed by atoms with E-state index >= 15 is 0 Å². The molecule has 0 aliphatic carbocycles. The Morgan fingerprint density at radius 1 is 0.564 bits per heavy atom. The van der Waals surface area contributed by atoms with Gasteiger partial charge in [-0.15, -0.1) is 34.9 Å². The van der Waals surface area contributed by atoms with Gasteiger partial charge in [0.2, 0.25) is 0 Å². The van der Waals surface area contributed by atoms with Crippen LogP contribution in [0.1, 0.15) is 103 Å². The molecule has 0 N–H and O–H groups in total. The van der Waals surface area contributed by atoms with E-state index in [4.69, 9.17) is 9.97 Å². The van der Waals surface area contributed by atoms with Crippen LogP contribution in [-0.2, 0) is 42.7 Å². The minimum Gasteiger partial charge on any atom is -0.295 e. The molecular formula is C36H40N2Pt. The summed E-state index contributed by atoms with van der Waals surface area (Å²) in [6.07, 6.45) is 0. The van der Waals surface area contributed by atoms with Gasteiger partial charge in [-0.3, -0.25) is 9.97 Å². The molecule has 1 aliphatic rings. The first-order chi connectivity index (χ1) is 17.6. The summed E-state index contributed by atoms with van der Waals surface area (Å²) in [6, 6.07) is 29.5. The molecular weight excluding hydrogens is 655 g/mol. The zero-order chi connectivity index (χ0) is 27.7. The van der Waals surface area contributed by atoms with E-state index in [0.717, 1.165) is 39.5 Å². The molecule has 39 heavy (non-hydrogen) atoms. The second-order valence-electron chi connectivity index (χ2n) is 14.0. The molecule has 3 heteroatoms. The van der Waals surface area contributed by atoms with Crippen molar-refractivity contribution in [2.45, 2.75) is 90.9 Å². The smallest absolute Gasteiger partial charge is 0.295 e. The molecule has 0 saturated heterocycles. The number of hydrogen-bond donors (Lipinski definition) is 0. The molecule has 2 aromatic heterocycles. The summed E-state index contributed by atoms with van der Waals surface area (Å²) < 4.78 is 0. The van der Waals surface area contributed by atoms with Gasteiger partial charge in [-0.1, -0.05) is 87.4 Å². The standard InChI is InChI=1S/C36H40N2.Pt/c1-33(2,3)24-17-23-18-26(19-24)35(7,8)27-20-25(34(4,5)6)21-28(22-27)36(9,10)32-16-12-15-31(38-32)30-14-11-13-29(23)37-30;/h11-17,19-21H,1-10H3;/q-2;+2. The van der Waals surface area contributed by atoms with Gasteiger partial charge in [0.15, 0.2) is 0 Å². The molecule has 0 radical (unpaired) electrons. The molecule has 0 fully saturated rings. The Bertz CT molecular complexity index is 1530. The maximum Gasteiger partial charge on any atom is 2.00 e. The van der Waals surface area contributed by atoms with Crippen molar-refractivity contribution >= 4 is 0 Å². The number of hydrogen-bond acceptors (Lipinski definition) is 2. The quantitative estimate of drug-likeness (QED) is 0.172. The van der Waals surface area contributed by atoms with E-state index in [1.165, 1.54) is 16.7 Å². The summed E-state index contributed by atoms with van der Waals surface area (Å²) in [5.41, 5.74) is 10.1. The third kappa shape index (κ3) is 5.42. The van der Waals surface area contributed by atoms with E-state index in [2.05, 4.69) is 142 Å². The summed E-state index contributed by atoms with van der Waals surface area (Å²) in [4.78, 5) is 10.3. The molecule has 2 aromatic carbocycles. The van der Waals surface area contributed by atoms with E-state index < -0.39 is 0 Å². The van der Waals surface area contributed by atoms with Crippen LogP contribution in [0.15, 0.2) is 60.7 Å². The van der Waals surface area contributed by atoms with Crippen molar-refractivity contribution in [2.24, 2.45) is 0 Å². The van der Waals surface area contributed by atoms with Gasteiger partial charge in [-0.2, -0.15) is 34.9 Å². The molecule has 0 amide bonds. The molecule has 1 aliphatic heterocycles. The van der Waals surface area contributed by atoms with Crippen LogP contribution in [0.4, 0.5) is 0 Å². The first-order valence-corrected chi connectivity index (χ1v) is 13.7. The Morgan fingerprint density at radius 2 is 1.03 bits per heavy atom. The van der Waals surface area contributed by atoms with Crippen LogP contribution in [0.5, 0.6) is 0 Å². The number of rotatable bonds is 0. The molecule has 2 nitrogen and oxygen atoms in total. The Morgan fingerprint density at radius 3 is 1.62 bits per heavy atom. The van der Waals surface area contributed by atoms with E-state index in [-0.39, 0.29) is 42.7 Å². The normalized spacial score (nSPS) is 15.6. The van der Waals surface area contributed by atoms with Crippen LogP contribution >= 0.6 is 0 Å². The Balaban J connectivity index is 0.00000353. The molecule has 4 aromatic rings. The predicted octanol–water partition coefficient (Wildman–Crippen LogP) is 8.97. The van der Waals surface area contributed by atoms with Gasteiger partial charge in [0.1, 0.15) is 0 Å². The molecule has 0 atom stereocenters. The van der Waals surface area contributed by atoms with Crippen LogP contribution in [0.2, 0.25) is 0 Å². The van der Waals surface area contributed by atoms with Crippen LogP contribution in [0, 0.1) is 12.1 Å². The summed E-state index contributed by atoms with van der Waals surface area (Å²) in [5.74, 6) is 0. The van der Waals surface area contributed by atoms with Crippen LogP contribution in [-0.4, -0.2) is 9.97 Å². The fourth-order valence-electron chi connectivity index (χ4n) is 5.09. The van der Waals surface area contributed by atoms with Crippen LogP contribution in [0.3, 0.4) is 0 Å². The zero-order valence-corrected chi connectivity index (χ0v) is 27.3. The monoisotopic (exact) mass is 695 g/mol. The minimum atomic E-state index is -0.341. The average molecular weight is 696 g/mol. The van der Waals surface area contributed by atoms with Crippen LogP contribution < -0.4 is 0 Å². The fourth-order valence-corrected chi connectivity index (χ4v) is 5.09. The van der Waals surface area contributed by atoms with Gasteiger partial charge >= 0.3 is 21.1 Å². The number of pyridine rings is 2. The van der Waals surface area contributed by atoms with Gasteiger partial charge in [0.05, 0.1) is 11.4 Å². The molecule has 3 heterocycles. The maximum atomic E-state index is 5.16. The Kier molecular flexibility index (Phi) is 7.40. The van der Waals surface area contributed by atoms with Gasteiger partial charge in [0.25, 0.3) is 0 Å². The SMILES string of the molecule is CC(C)(C)c1cc2[c-]c(c1)C(C)(C)c1[c-]c(cc(C(C)(C)C)c1)C(C)(C)c1cccc(n1)-c1cccc-2n1.[Pt+2]. The summed E-state index contributed by atoms with van der Waals surface area (Å²) in [7, 11) is 0. The van der Waals surface area contributed by atoms with Gasteiger partial charge in [-0.05, 0) is 40.1 Å². The summed E-state index contributed by atoms with van der Waals surface area (Å²) in [5, 5.41) is 0. The van der Waals surface area contributed by atoms with Crippen molar-refractivity contribution in [3.63, 3.8) is 0 Å². The number of aromatic nitrogens is 2. The van der Waals surface area contributed by atoms with E-state index in [0.29, 0.717) is 0 Å². The Hall–Kier alpha value is -2.57. The van der Waals surface area contributed by atoms with Crippen molar-refractivity contribution < 1.29 is 21.1 Å². The molecule has 0 spiro atoms. The summed E-state index contributed by atoms with van der Waals surface area (Å²) >= 11 is 0. The number of fused-ring (bicyclic) bond motifs is 10. The molecule has 0 saturated carbocycles. The number of benzene rings is 2. The number of nitrogens with zero attached hydrogens (tertiary/aromatic N) is 2. The van der Waals surface area contributed by atoms with Crippen molar-refractivity contribution in [3.8, 4) is 22.6 Å². The molecule has 8 bridgehead atoms. The fraction of sp³-hybridized carbons (Fsp3) is 0.389. The third-order valence-electron chi connectivity index (χ3n) is 8.17. The van der Waals surface area contributed by atoms with E-state index in [9.17, 15) is 0 Å². The third-order valence-corrected chi connectivity index (χ3v) is 8.17. The maximum absolute atomic E-state index is 5.16. The second-order valence-corrected chi connectivity index (χ2v) is 14.0. The van der Waals surface area contributed by atoms with E-state index in [1.807, 2.05) is 0 Å². The van der Waals surface area contributed by atoms with Crippen molar-refractivity contribution in [1.82, 2.24) is 9.97 Å². The molecule has 204 valence electrons. The minimum absolute atomic E-state index is 0. The zero-order valence-electron chi connectivity index (χ0n) is 25.0. The van der Waals surface area contributed by atoms with Gasteiger partial charge in [0, 0.05) is 11.1 Å². The summed E-state index contributed by atoms with van der Waals surface area (Å²) in [6.45, 7) is 22.8. The molecule has 5 rings (SSSR count). The topological polar surface area (TPSA) is 25.8 Å². The predicted molar refractivity (Wildman–Crippen MR) is 159 cm³/mol. The van der Waals surface area contributed by atoms with Crippen molar-refractivity contribution in [2.75, 3.05) is 0 Å². The van der Waals surface area contributed by atoms with E-state index in [1.54, 1.807) is 0 Å². The average Bonchev–Trinajstić information content (AvgIpc) is 2.87. The van der Waals surface area contributed by atoms with Gasteiger partial charge < -0.3 is 0 Å². The largest absolute Gasteiger partial charge is 2.00 e. The Labute approximate surface area is 250 Å². The first kappa shape index (κ1) is 29.4. The van der Waals surface area contributed by atoms with Crippen molar-refractivity contribution in [3.05, 3.63) is 106 Å². The van der Waals surface area contributed by atoms with Crippen LogP contribution in [0.25, 0.3) is 22.6 Å². The van der Waals surface area contributed by atoms with Crippen molar-refractivity contribution in [1.29, 1.82) is 0 Å². The second kappa shape index (κ2) is 9.81. The van der Waals surface area contributed by atoms with Gasteiger partial charge in [-0.25, -0.2) is 0 Å².